The van der Waals surface area contributed by atoms with Gasteiger partial charge in [-0.3, -0.25) is 0 Å². The molecule has 0 radical (unpaired) electrons. The summed E-state index contributed by atoms with van der Waals surface area (Å²) in [6, 6.07) is 11.1. The molecule has 0 unspecified atom stereocenters. The molecule has 138 valence electrons. The number of benzene rings is 2. The van der Waals surface area contributed by atoms with Gasteiger partial charge in [0.05, 0.1) is 13.2 Å². The van der Waals surface area contributed by atoms with Crippen molar-refractivity contribution in [3.05, 3.63) is 64.5 Å². The minimum atomic E-state index is -0.305. The molecule has 0 saturated heterocycles. The molecule has 1 heterocycles. The molecule has 2 aromatic rings. The Morgan fingerprint density at radius 1 is 1.19 bits per heavy atom. The highest BCUT2D eigenvalue weighted by Crippen LogP contribution is 2.29. The molecule has 0 atom stereocenters. The first kappa shape index (κ1) is 18.2. The van der Waals surface area contributed by atoms with Gasteiger partial charge in [-0.25, -0.2) is 9.38 Å². The molecule has 2 aromatic carbocycles. The van der Waals surface area contributed by atoms with Gasteiger partial charge in [-0.1, -0.05) is 24.3 Å². The molecule has 0 spiro atoms. The van der Waals surface area contributed by atoms with Crippen LogP contribution in [0.15, 0.2) is 41.4 Å². The Morgan fingerprint density at radius 3 is 2.85 bits per heavy atom. The fourth-order valence-corrected chi connectivity index (χ4v) is 2.87. The van der Waals surface area contributed by atoms with Gasteiger partial charge in [0.2, 0.25) is 0 Å². The zero-order valence-corrected chi connectivity index (χ0v) is 15.1. The van der Waals surface area contributed by atoms with Crippen LogP contribution >= 0.6 is 0 Å². The fraction of sp³-hybridized carbons (Fsp3) is 0.350. The van der Waals surface area contributed by atoms with Crippen LogP contribution in [0.3, 0.4) is 0 Å². The molecule has 2 N–H and O–H groups in total. The van der Waals surface area contributed by atoms with Crippen molar-refractivity contribution in [1.29, 1.82) is 0 Å². The van der Waals surface area contributed by atoms with E-state index in [1.165, 1.54) is 23.3 Å². The number of ether oxygens (including phenoxy) is 2. The number of hydrogen-bond donors (Lipinski definition) is 2. The van der Waals surface area contributed by atoms with E-state index < -0.39 is 0 Å². The van der Waals surface area contributed by atoms with Crippen molar-refractivity contribution in [1.82, 2.24) is 10.6 Å². The highest BCUT2D eigenvalue weighted by Gasteiger charge is 2.16. The molecule has 0 aliphatic carbocycles. The van der Waals surface area contributed by atoms with Crippen LogP contribution < -0.4 is 15.4 Å². The molecule has 0 amide bonds. The number of aryl methyl sites for hydroxylation is 1. The first-order valence-corrected chi connectivity index (χ1v) is 8.76. The van der Waals surface area contributed by atoms with E-state index in [-0.39, 0.29) is 12.6 Å². The van der Waals surface area contributed by atoms with Crippen LogP contribution in [-0.4, -0.2) is 19.3 Å². The molecule has 0 aromatic heterocycles. The molecule has 26 heavy (non-hydrogen) atoms. The summed E-state index contributed by atoms with van der Waals surface area (Å²) in [7, 11) is 0. The topological polar surface area (TPSA) is 54.9 Å². The van der Waals surface area contributed by atoms with E-state index in [1.807, 2.05) is 19.1 Å². The summed E-state index contributed by atoms with van der Waals surface area (Å²) in [5.41, 5.74) is 3.88. The summed E-state index contributed by atoms with van der Waals surface area (Å²) in [4.78, 5) is 4.58. The van der Waals surface area contributed by atoms with Crippen molar-refractivity contribution in [3.8, 4) is 5.75 Å². The normalized spacial score (nSPS) is 13.7. The molecule has 1 aliphatic heterocycles. The van der Waals surface area contributed by atoms with Crippen molar-refractivity contribution < 1.29 is 13.9 Å². The van der Waals surface area contributed by atoms with Gasteiger partial charge in [0.1, 0.15) is 11.6 Å². The standard InChI is InChI=1S/C20H24FN3O2/c1-3-22-20(23-10-15-7-5-4-6-14(15)2)24-11-16-8-18(21)9-17-12-25-13-26-19(16)17/h4-9H,3,10-13H2,1-2H3,(H2,22,23,24). The molecule has 1 aliphatic rings. The number of hydrogen-bond acceptors (Lipinski definition) is 3. The minimum absolute atomic E-state index is 0.181. The molecule has 6 heteroatoms. The number of nitrogens with zero attached hydrogens (tertiary/aromatic N) is 1. The third-order valence-electron chi connectivity index (χ3n) is 4.21. The van der Waals surface area contributed by atoms with Crippen molar-refractivity contribution in [3.63, 3.8) is 0 Å². The monoisotopic (exact) mass is 357 g/mol. The third kappa shape index (κ3) is 4.52. The van der Waals surface area contributed by atoms with Crippen molar-refractivity contribution in [2.45, 2.75) is 33.5 Å². The van der Waals surface area contributed by atoms with E-state index in [0.717, 1.165) is 17.7 Å². The Bertz CT molecular complexity index is 793. The average Bonchev–Trinajstić information content (AvgIpc) is 2.64. The van der Waals surface area contributed by atoms with E-state index in [0.29, 0.717) is 31.4 Å². The van der Waals surface area contributed by atoms with Gasteiger partial charge in [-0.15, -0.1) is 0 Å². The molecule has 0 saturated carbocycles. The summed E-state index contributed by atoms with van der Waals surface area (Å²) < 4.78 is 24.6. The lowest BCUT2D eigenvalue weighted by molar-refractivity contribution is -0.0172. The van der Waals surface area contributed by atoms with Gasteiger partial charge in [-0.2, -0.15) is 0 Å². The Hall–Kier alpha value is -2.60. The van der Waals surface area contributed by atoms with E-state index in [1.54, 1.807) is 0 Å². The van der Waals surface area contributed by atoms with Crippen LogP contribution in [0.5, 0.6) is 5.75 Å². The van der Waals surface area contributed by atoms with Gasteiger partial charge in [0, 0.05) is 24.2 Å². The first-order valence-electron chi connectivity index (χ1n) is 8.76. The maximum atomic E-state index is 13.9. The van der Waals surface area contributed by atoms with Crippen LogP contribution in [0.4, 0.5) is 4.39 Å². The maximum absolute atomic E-state index is 13.9. The Morgan fingerprint density at radius 2 is 2.04 bits per heavy atom. The Labute approximate surface area is 153 Å². The quantitative estimate of drug-likeness (QED) is 0.637. The van der Waals surface area contributed by atoms with E-state index >= 15 is 0 Å². The summed E-state index contributed by atoms with van der Waals surface area (Å²) in [6.07, 6.45) is 0. The van der Waals surface area contributed by atoms with Crippen LogP contribution in [0, 0.1) is 12.7 Å². The van der Waals surface area contributed by atoms with Crippen molar-refractivity contribution in [2.75, 3.05) is 13.3 Å². The SMILES string of the molecule is CCNC(=NCc1cc(F)cc2c1OCOC2)NCc1ccccc1C. The number of fused-ring (bicyclic) bond motifs is 1. The molecular formula is C20H24FN3O2. The van der Waals surface area contributed by atoms with Gasteiger partial charge in [0.25, 0.3) is 0 Å². The van der Waals surface area contributed by atoms with E-state index in [4.69, 9.17) is 9.47 Å². The van der Waals surface area contributed by atoms with Crippen LogP contribution in [-0.2, 0) is 24.4 Å². The van der Waals surface area contributed by atoms with Gasteiger partial charge in [-0.05, 0) is 37.1 Å². The lowest BCUT2D eigenvalue weighted by Crippen LogP contribution is -2.37. The van der Waals surface area contributed by atoms with Gasteiger partial charge in [0.15, 0.2) is 12.8 Å². The Balaban J connectivity index is 1.73. The Kier molecular flexibility index (Phi) is 6.07. The van der Waals surface area contributed by atoms with Crippen LogP contribution in [0.1, 0.15) is 29.2 Å². The second kappa shape index (κ2) is 8.67. The zero-order valence-electron chi connectivity index (χ0n) is 15.1. The summed E-state index contributed by atoms with van der Waals surface area (Å²) in [5, 5.41) is 6.54. The summed E-state index contributed by atoms with van der Waals surface area (Å²) in [6.45, 7) is 6.36. The lowest BCUT2D eigenvalue weighted by atomic mass is 10.1. The largest absolute Gasteiger partial charge is 0.467 e. The first-order chi connectivity index (χ1) is 12.7. The highest BCUT2D eigenvalue weighted by molar-refractivity contribution is 5.79. The highest BCUT2D eigenvalue weighted by atomic mass is 19.1. The average molecular weight is 357 g/mol. The smallest absolute Gasteiger partial charge is 0.191 e. The van der Waals surface area contributed by atoms with Gasteiger partial charge >= 0.3 is 0 Å². The van der Waals surface area contributed by atoms with Crippen LogP contribution in [0.25, 0.3) is 0 Å². The van der Waals surface area contributed by atoms with E-state index in [2.05, 4.69) is 34.7 Å². The zero-order chi connectivity index (χ0) is 18.4. The van der Waals surface area contributed by atoms with E-state index in [9.17, 15) is 4.39 Å². The number of rotatable bonds is 5. The van der Waals surface area contributed by atoms with Crippen molar-refractivity contribution in [2.24, 2.45) is 4.99 Å². The van der Waals surface area contributed by atoms with Crippen molar-refractivity contribution >= 4 is 5.96 Å². The third-order valence-corrected chi connectivity index (χ3v) is 4.21. The number of halogens is 1. The maximum Gasteiger partial charge on any atom is 0.191 e. The lowest BCUT2D eigenvalue weighted by Gasteiger charge is -2.20. The number of guanidine groups is 1. The fourth-order valence-electron chi connectivity index (χ4n) is 2.87. The molecule has 0 fully saturated rings. The summed E-state index contributed by atoms with van der Waals surface area (Å²) in [5.74, 6) is 1.05. The van der Waals surface area contributed by atoms with Gasteiger partial charge < -0.3 is 20.1 Å². The number of aliphatic imine (C=N–C) groups is 1. The predicted molar refractivity (Wildman–Crippen MR) is 99.5 cm³/mol. The second-order valence-electron chi connectivity index (χ2n) is 6.14. The summed E-state index contributed by atoms with van der Waals surface area (Å²) >= 11 is 0. The molecular weight excluding hydrogens is 333 g/mol. The predicted octanol–water partition coefficient (Wildman–Crippen LogP) is 3.26. The second-order valence-corrected chi connectivity index (χ2v) is 6.14. The molecule has 0 bridgehead atoms. The van der Waals surface area contributed by atoms with Crippen LogP contribution in [0.2, 0.25) is 0 Å². The molecule has 5 nitrogen and oxygen atoms in total. The number of nitrogens with one attached hydrogen (secondary N) is 2. The minimum Gasteiger partial charge on any atom is -0.467 e. The molecule has 3 rings (SSSR count).